The average molecular weight is 471 g/mol. The Balaban J connectivity index is 2.00. The average Bonchev–Trinajstić information content (AvgIpc) is 3.01. The summed E-state index contributed by atoms with van der Waals surface area (Å²) in [4.78, 5) is 18.1. The first-order chi connectivity index (χ1) is 13.9. The number of nitrogens with one attached hydrogen (secondary N) is 1. The van der Waals surface area contributed by atoms with E-state index in [4.69, 9.17) is 23.2 Å². The maximum atomic E-state index is 13.5. The van der Waals surface area contributed by atoms with E-state index in [2.05, 4.69) is 14.7 Å². The van der Waals surface area contributed by atoms with Crippen LogP contribution in [0.3, 0.4) is 0 Å². The molecule has 30 heavy (non-hydrogen) atoms. The van der Waals surface area contributed by atoms with Crippen molar-refractivity contribution in [2.75, 3.05) is 0 Å². The van der Waals surface area contributed by atoms with Crippen LogP contribution in [0.1, 0.15) is 23.4 Å². The Morgan fingerprint density at radius 2 is 1.57 bits per heavy atom. The highest BCUT2D eigenvalue weighted by atomic mass is 35.5. The molecule has 3 aromatic rings. The first kappa shape index (κ1) is 22.2. The van der Waals surface area contributed by atoms with Crippen LogP contribution in [0.2, 0.25) is 10.0 Å². The third-order valence-corrected chi connectivity index (χ3v) is 4.74. The van der Waals surface area contributed by atoms with E-state index in [-0.39, 0.29) is 21.1 Å². The Morgan fingerprint density at radius 1 is 0.967 bits per heavy atom. The van der Waals surface area contributed by atoms with Crippen LogP contribution in [-0.4, -0.2) is 28.3 Å². The summed E-state index contributed by atoms with van der Waals surface area (Å²) in [5.41, 5.74) is -0.570. The summed E-state index contributed by atoms with van der Waals surface area (Å²) in [5, 5.41) is 0.0186. The normalized spacial score (nSPS) is 14.5. The molecule has 0 saturated carbocycles. The molecule has 0 amide bonds. The molecule has 0 fully saturated rings. The summed E-state index contributed by atoms with van der Waals surface area (Å²) >= 11 is 11.6. The SMILES string of the molecule is O=C(OC(c1nc2cc(Cl)c(Cl)cc2[nH]1)C(F)(F)F)C(c1ccccc1)C(F)(F)F. The van der Waals surface area contributed by atoms with Gasteiger partial charge in [0, 0.05) is 0 Å². The highest BCUT2D eigenvalue weighted by Gasteiger charge is 2.52. The number of ether oxygens (including phenoxy) is 1. The summed E-state index contributed by atoms with van der Waals surface area (Å²) in [6, 6.07) is 8.11. The van der Waals surface area contributed by atoms with Gasteiger partial charge in [-0.25, -0.2) is 4.98 Å². The van der Waals surface area contributed by atoms with Crippen molar-refractivity contribution < 1.29 is 35.9 Å². The van der Waals surface area contributed by atoms with Crippen LogP contribution in [0.5, 0.6) is 0 Å². The summed E-state index contributed by atoms with van der Waals surface area (Å²) in [6.45, 7) is 0. The number of alkyl halides is 6. The van der Waals surface area contributed by atoms with E-state index in [1.807, 2.05) is 0 Å². The maximum absolute atomic E-state index is 13.5. The molecule has 0 aliphatic heterocycles. The second-order valence-electron chi connectivity index (χ2n) is 6.15. The van der Waals surface area contributed by atoms with Gasteiger partial charge in [-0.2, -0.15) is 26.3 Å². The molecule has 4 nitrogen and oxygen atoms in total. The van der Waals surface area contributed by atoms with Gasteiger partial charge in [0.05, 0.1) is 21.1 Å². The largest absolute Gasteiger partial charge is 0.444 e. The number of esters is 1. The lowest BCUT2D eigenvalue weighted by Gasteiger charge is -2.24. The number of imidazole rings is 1. The van der Waals surface area contributed by atoms with Gasteiger partial charge in [-0.15, -0.1) is 0 Å². The number of halogens is 8. The number of fused-ring (bicyclic) bond motifs is 1. The standard InChI is InChI=1S/C18H10Cl2F6N2O2/c19-9-6-11-12(7-10(9)20)28-15(27-11)14(18(24,25)26)30-16(29)13(17(21,22)23)8-4-2-1-3-5-8/h1-7,13-14H,(H,27,28). The minimum atomic E-state index is -5.25. The van der Waals surface area contributed by atoms with Crippen molar-refractivity contribution >= 4 is 40.2 Å². The molecule has 1 N–H and O–H groups in total. The topological polar surface area (TPSA) is 55.0 Å². The lowest BCUT2D eigenvalue weighted by Crippen LogP contribution is -2.34. The number of hydrogen-bond donors (Lipinski definition) is 1. The zero-order valence-corrected chi connectivity index (χ0v) is 16.0. The molecule has 3 rings (SSSR count). The molecule has 160 valence electrons. The molecule has 0 aliphatic rings. The van der Waals surface area contributed by atoms with Gasteiger partial charge in [-0.1, -0.05) is 53.5 Å². The smallest absolute Gasteiger partial charge is 0.432 e. The van der Waals surface area contributed by atoms with Gasteiger partial charge in [0.15, 0.2) is 11.7 Å². The number of carbonyl (C=O) groups is 1. The molecule has 12 heteroatoms. The monoisotopic (exact) mass is 470 g/mol. The van der Waals surface area contributed by atoms with Gasteiger partial charge >= 0.3 is 18.3 Å². The van der Waals surface area contributed by atoms with Gasteiger partial charge < -0.3 is 9.72 Å². The minimum absolute atomic E-state index is 0.00369. The molecule has 0 radical (unpaired) electrons. The minimum Gasteiger partial charge on any atom is -0.444 e. The summed E-state index contributed by atoms with van der Waals surface area (Å²) in [7, 11) is 0. The molecule has 0 aliphatic carbocycles. The second kappa shape index (κ2) is 7.99. The number of carbonyl (C=O) groups excluding carboxylic acids is 1. The Bertz CT molecular complexity index is 1030. The van der Waals surface area contributed by atoms with E-state index in [0.717, 1.165) is 18.2 Å². The quantitative estimate of drug-likeness (QED) is 0.356. The fourth-order valence-corrected chi connectivity index (χ4v) is 3.04. The lowest BCUT2D eigenvalue weighted by atomic mass is 9.99. The second-order valence-corrected chi connectivity index (χ2v) is 6.96. The maximum Gasteiger partial charge on any atom is 0.432 e. The molecular formula is C18H10Cl2F6N2O2. The number of aromatic amines is 1. The number of hydrogen-bond acceptors (Lipinski definition) is 3. The van der Waals surface area contributed by atoms with Crippen molar-refractivity contribution in [1.82, 2.24) is 9.97 Å². The summed E-state index contributed by atoms with van der Waals surface area (Å²) < 4.78 is 85.2. The Hall–Kier alpha value is -2.46. The first-order valence-corrected chi connectivity index (χ1v) is 8.87. The van der Waals surface area contributed by atoms with Crippen molar-refractivity contribution in [3.05, 3.63) is 63.9 Å². The predicted octanol–water partition coefficient (Wildman–Crippen LogP) is 6.36. The molecule has 0 bridgehead atoms. The molecule has 0 saturated heterocycles. The van der Waals surface area contributed by atoms with Crippen molar-refractivity contribution in [3.63, 3.8) is 0 Å². The van der Waals surface area contributed by atoms with Gasteiger partial charge in [-0.05, 0) is 17.7 Å². The molecule has 2 atom stereocenters. The molecule has 1 aromatic heterocycles. The van der Waals surface area contributed by atoms with Crippen LogP contribution in [0.25, 0.3) is 11.0 Å². The van der Waals surface area contributed by atoms with E-state index < -0.39 is 41.7 Å². The van der Waals surface area contributed by atoms with Crippen molar-refractivity contribution in [1.29, 1.82) is 0 Å². The van der Waals surface area contributed by atoms with Crippen LogP contribution in [0.15, 0.2) is 42.5 Å². The van der Waals surface area contributed by atoms with Crippen LogP contribution in [0, 0.1) is 0 Å². The van der Waals surface area contributed by atoms with Crippen molar-refractivity contribution in [2.45, 2.75) is 24.4 Å². The zero-order valence-electron chi connectivity index (χ0n) is 14.5. The van der Waals surface area contributed by atoms with Gasteiger partial charge in [-0.3, -0.25) is 4.79 Å². The third-order valence-electron chi connectivity index (χ3n) is 4.02. The van der Waals surface area contributed by atoms with Crippen LogP contribution in [-0.2, 0) is 9.53 Å². The van der Waals surface area contributed by atoms with Gasteiger partial charge in [0.2, 0.25) is 0 Å². The number of benzene rings is 2. The number of H-pyrrole nitrogens is 1. The summed E-state index contributed by atoms with van der Waals surface area (Å²) in [5.74, 6) is -5.94. The molecule has 2 aromatic carbocycles. The van der Waals surface area contributed by atoms with E-state index in [1.165, 1.54) is 24.3 Å². The fourth-order valence-electron chi connectivity index (χ4n) is 2.71. The van der Waals surface area contributed by atoms with Crippen LogP contribution >= 0.6 is 23.2 Å². The van der Waals surface area contributed by atoms with Crippen LogP contribution < -0.4 is 0 Å². The summed E-state index contributed by atoms with van der Waals surface area (Å²) in [6.07, 6.45) is -13.5. The first-order valence-electron chi connectivity index (χ1n) is 8.11. The highest BCUT2D eigenvalue weighted by molar-refractivity contribution is 6.42. The Morgan fingerprint density at radius 3 is 2.13 bits per heavy atom. The Kier molecular flexibility index (Phi) is 5.92. The molecule has 2 unspecified atom stereocenters. The number of nitrogens with zero attached hydrogens (tertiary/aromatic N) is 1. The zero-order chi connectivity index (χ0) is 22.3. The van der Waals surface area contributed by atoms with Crippen LogP contribution in [0.4, 0.5) is 26.3 Å². The number of rotatable bonds is 4. The molecule has 1 heterocycles. The van der Waals surface area contributed by atoms with Crippen molar-refractivity contribution in [3.8, 4) is 0 Å². The van der Waals surface area contributed by atoms with E-state index >= 15 is 0 Å². The Labute approximate surface area is 174 Å². The third kappa shape index (κ3) is 4.65. The van der Waals surface area contributed by atoms with E-state index in [1.54, 1.807) is 0 Å². The predicted molar refractivity (Wildman–Crippen MR) is 96.2 cm³/mol. The lowest BCUT2D eigenvalue weighted by molar-refractivity contribution is -0.235. The van der Waals surface area contributed by atoms with E-state index in [0.29, 0.717) is 0 Å². The highest BCUT2D eigenvalue weighted by Crippen LogP contribution is 2.41. The number of aromatic nitrogens is 2. The molecular weight excluding hydrogens is 461 g/mol. The van der Waals surface area contributed by atoms with Gasteiger partial charge in [0.25, 0.3) is 6.10 Å². The van der Waals surface area contributed by atoms with E-state index in [9.17, 15) is 31.1 Å². The fraction of sp³-hybridized carbons (Fsp3) is 0.222. The van der Waals surface area contributed by atoms with Gasteiger partial charge in [0.1, 0.15) is 0 Å². The van der Waals surface area contributed by atoms with Crippen molar-refractivity contribution in [2.24, 2.45) is 0 Å². The molecule has 0 spiro atoms.